The van der Waals surface area contributed by atoms with Crippen molar-refractivity contribution in [3.63, 3.8) is 0 Å². The third-order valence-corrected chi connectivity index (χ3v) is 3.45. The van der Waals surface area contributed by atoms with Crippen LogP contribution in [0.1, 0.15) is 25.3 Å². The fourth-order valence-electron chi connectivity index (χ4n) is 2.29. The number of benzene rings is 1. The van der Waals surface area contributed by atoms with Gasteiger partial charge >= 0.3 is 12.0 Å². The van der Waals surface area contributed by atoms with Gasteiger partial charge in [0.05, 0.1) is 13.2 Å². The topological polar surface area (TPSA) is 78.9 Å². The Hall–Kier alpha value is -2.08. The molecular weight excluding hydrogens is 272 g/mol. The van der Waals surface area contributed by atoms with E-state index in [4.69, 9.17) is 9.84 Å². The molecule has 0 saturated carbocycles. The number of hydrogen-bond acceptors (Lipinski definition) is 3. The molecule has 2 N–H and O–H groups in total. The van der Waals surface area contributed by atoms with Gasteiger partial charge in [-0.05, 0) is 17.5 Å². The lowest BCUT2D eigenvalue weighted by Crippen LogP contribution is -2.50. The average molecular weight is 292 g/mol. The number of aliphatic carboxylic acids is 1. The number of carboxylic acids is 1. The number of carboxylic acid groups (broad SMARTS) is 1. The number of nitrogens with one attached hydrogen (secondary N) is 1. The molecule has 2 rings (SSSR count). The number of amides is 2. The lowest BCUT2D eigenvalue weighted by atomic mass is 10.0. The molecule has 21 heavy (non-hydrogen) atoms. The van der Waals surface area contributed by atoms with E-state index < -0.39 is 12.1 Å². The van der Waals surface area contributed by atoms with Gasteiger partial charge in [-0.1, -0.05) is 32.0 Å². The van der Waals surface area contributed by atoms with Gasteiger partial charge in [0, 0.05) is 12.2 Å². The molecule has 1 aliphatic heterocycles. The van der Waals surface area contributed by atoms with E-state index in [1.54, 1.807) is 0 Å². The Morgan fingerprint density at radius 1 is 1.38 bits per heavy atom. The lowest BCUT2D eigenvalue weighted by molar-refractivity contribution is -0.154. The van der Waals surface area contributed by atoms with Crippen LogP contribution in [0.2, 0.25) is 0 Å². The van der Waals surface area contributed by atoms with Gasteiger partial charge in [0.15, 0.2) is 6.10 Å². The van der Waals surface area contributed by atoms with Gasteiger partial charge in [0.2, 0.25) is 0 Å². The van der Waals surface area contributed by atoms with Crippen LogP contribution in [0.4, 0.5) is 10.5 Å². The zero-order valence-electron chi connectivity index (χ0n) is 12.2. The second-order valence-corrected chi connectivity index (χ2v) is 5.32. The number of carbonyl (C=O) groups excluding carboxylic acids is 1. The van der Waals surface area contributed by atoms with E-state index in [1.165, 1.54) is 4.90 Å². The smallest absolute Gasteiger partial charge is 0.334 e. The summed E-state index contributed by atoms with van der Waals surface area (Å²) in [6.07, 6.45) is -0.954. The molecule has 1 heterocycles. The van der Waals surface area contributed by atoms with Gasteiger partial charge in [0.25, 0.3) is 0 Å². The molecule has 0 bridgehead atoms. The molecule has 2 amide bonds. The first-order chi connectivity index (χ1) is 9.99. The first-order valence-corrected chi connectivity index (χ1v) is 6.98. The Balaban J connectivity index is 2.06. The molecular formula is C15H20N2O4. The largest absolute Gasteiger partial charge is 0.479 e. The normalized spacial score (nSPS) is 18.6. The zero-order valence-corrected chi connectivity index (χ0v) is 12.2. The van der Waals surface area contributed by atoms with Gasteiger partial charge in [-0.2, -0.15) is 0 Å². The van der Waals surface area contributed by atoms with Gasteiger partial charge in [-0.3, -0.25) is 0 Å². The second kappa shape index (κ2) is 6.58. The van der Waals surface area contributed by atoms with E-state index in [-0.39, 0.29) is 25.1 Å². The van der Waals surface area contributed by atoms with Crippen molar-refractivity contribution in [2.45, 2.75) is 25.9 Å². The van der Waals surface area contributed by atoms with Crippen LogP contribution in [0.3, 0.4) is 0 Å². The van der Waals surface area contributed by atoms with Crippen LogP contribution in [0, 0.1) is 0 Å². The van der Waals surface area contributed by atoms with Crippen LogP contribution in [-0.2, 0) is 9.53 Å². The zero-order chi connectivity index (χ0) is 15.4. The number of ether oxygens (including phenoxy) is 1. The van der Waals surface area contributed by atoms with Crippen LogP contribution < -0.4 is 5.32 Å². The maximum Gasteiger partial charge on any atom is 0.334 e. The van der Waals surface area contributed by atoms with Crippen molar-refractivity contribution >= 4 is 17.7 Å². The van der Waals surface area contributed by atoms with Gasteiger partial charge in [-0.25, -0.2) is 9.59 Å². The molecule has 0 radical (unpaired) electrons. The predicted molar refractivity (Wildman–Crippen MR) is 78.5 cm³/mol. The molecule has 1 aromatic carbocycles. The Morgan fingerprint density at radius 2 is 2.10 bits per heavy atom. The Bertz CT molecular complexity index is 530. The summed E-state index contributed by atoms with van der Waals surface area (Å²) in [7, 11) is 0. The molecule has 1 unspecified atom stereocenters. The number of anilines is 1. The van der Waals surface area contributed by atoms with Crippen molar-refractivity contribution in [1.82, 2.24) is 4.90 Å². The molecule has 114 valence electrons. The third kappa shape index (κ3) is 3.72. The fraction of sp³-hybridized carbons (Fsp3) is 0.467. The summed E-state index contributed by atoms with van der Waals surface area (Å²) in [4.78, 5) is 24.7. The molecule has 1 aliphatic rings. The van der Waals surface area contributed by atoms with E-state index >= 15 is 0 Å². The molecule has 6 nitrogen and oxygen atoms in total. The van der Waals surface area contributed by atoms with Crippen molar-refractivity contribution in [2.75, 3.05) is 25.0 Å². The highest BCUT2D eigenvalue weighted by molar-refractivity contribution is 5.90. The van der Waals surface area contributed by atoms with E-state index in [0.717, 1.165) is 11.3 Å². The summed E-state index contributed by atoms with van der Waals surface area (Å²) in [5, 5.41) is 11.8. The number of rotatable bonds is 3. The number of hydrogen-bond donors (Lipinski definition) is 2. The van der Waals surface area contributed by atoms with Crippen molar-refractivity contribution in [2.24, 2.45) is 0 Å². The summed E-state index contributed by atoms with van der Waals surface area (Å²) < 4.78 is 5.11. The summed E-state index contributed by atoms with van der Waals surface area (Å²) in [6.45, 7) is 4.79. The number of urea groups is 1. The average Bonchev–Trinajstić information content (AvgIpc) is 2.47. The molecule has 6 heteroatoms. The minimum Gasteiger partial charge on any atom is -0.479 e. The number of nitrogens with zero attached hydrogens (tertiary/aromatic N) is 1. The molecule has 1 atom stereocenters. The molecule has 0 spiro atoms. The van der Waals surface area contributed by atoms with Crippen LogP contribution in [0.25, 0.3) is 0 Å². The van der Waals surface area contributed by atoms with Crippen molar-refractivity contribution in [1.29, 1.82) is 0 Å². The lowest BCUT2D eigenvalue weighted by Gasteiger charge is -2.31. The second-order valence-electron chi connectivity index (χ2n) is 5.32. The van der Waals surface area contributed by atoms with E-state index in [0.29, 0.717) is 6.54 Å². The predicted octanol–water partition coefficient (Wildman–Crippen LogP) is 2.13. The summed E-state index contributed by atoms with van der Waals surface area (Å²) in [5.74, 6) is -0.756. The monoisotopic (exact) mass is 292 g/mol. The highest BCUT2D eigenvalue weighted by Crippen LogP contribution is 2.24. The van der Waals surface area contributed by atoms with Gasteiger partial charge in [-0.15, -0.1) is 0 Å². The Morgan fingerprint density at radius 3 is 2.76 bits per heavy atom. The first kappa shape index (κ1) is 15.3. The van der Waals surface area contributed by atoms with Crippen LogP contribution in [0.5, 0.6) is 0 Å². The highest BCUT2D eigenvalue weighted by atomic mass is 16.5. The van der Waals surface area contributed by atoms with Crippen molar-refractivity contribution < 1.29 is 19.4 Å². The molecule has 1 fully saturated rings. The van der Waals surface area contributed by atoms with Crippen LogP contribution in [-0.4, -0.2) is 47.8 Å². The molecule has 1 aromatic rings. The summed E-state index contributed by atoms with van der Waals surface area (Å²) in [5.41, 5.74) is 1.81. The van der Waals surface area contributed by atoms with E-state index in [9.17, 15) is 9.59 Å². The SMILES string of the molecule is CC(C)c1ccccc1NC(=O)N1CCOC(C(=O)O)C1. The molecule has 1 saturated heterocycles. The fourth-order valence-corrected chi connectivity index (χ4v) is 2.29. The third-order valence-electron chi connectivity index (χ3n) is 3.45. The van der Waals surface area contributed by atoms with Gasteiger partial charge < -0.3 is 20.1 Å². The number of para-hydroxylation sites is 1. The van der Waals surface area contributed by atoms with Crippen LogP contribution in [0.15, 0.2) is 24.3 Å². The van der Waals surface area contributed by atoms with Crippen LogP contribution >= 0.6 is 0 Å². The first-order valence-electron chi connectivity index (χ1n) is 6.98. The van der Waals surface area contributed by atoms with Gasteiger partial charge in [0.1, 0.15) is 0 Å². The summed E-state index contributed by atoms with van der Waals surface area (Å²) >= 11 is 0. The quantitative estimate of drug-likeness (QED) is 0.894. The summed E-state index contributed by atoms with van der Waals surface area (Å²) in [6, 6.07) is 7.32. The number of morpholine rings is 1. The van der Waals surface area contributed by atoms with Crippen molar-refractivity contribution in [3.05, 3.63) is 29.8 Å². The Labute approximate surface area is 123 Å². The molecule has 0 aliphatic carbocycles. The molecule has 0 aromatic heterocycles. The maximum atomic E-state index is 12.3. The maximum absolute atomic E-state index is 12.3. The van der Waals surface area contributed by atoms with E-state index in [2.05, 4.69) is 19.2 Å². The highest BCUT2D eigenvalue weighted by Gasteiger charge is 2.29. The van der Waals surface area contributed by atoms with E-state index in [1.807, 2.05) is 24.3 Å². The minimum atomic E-state index is -1.05. The Kier molecular flexibility index (Phi) is 4.80. The minimum absolute atomic E-state index is 0.0605. The number of carbonyl (C=O) groups is 2. The standard InChI is InChI=1S/C15H20N2O4/c1-10(2)11-5-3-4-6-12(11)16-15(20)17-7-8-21-13(9-17)14(18)19/h3-6,10,13H,7-9H2,1-2H3,(H,16,20)(H,18,19). The van der Waals surface area contributed by atoms with Crippen molar-refractivity contribution in [3.8, 4) is 0 Å².